The number of urea groups is 1. The Hall–Kier alpha value is -2.64. The molecular formula is C20H24FN3O4. The van der Waals surface area contributed by atoms with Crippen molar-refractivity contribution in [1.29, 1.82) is 0 Å². The molecular weight excluding hydrogens is 365 g/mol. The second-order valence-corrected chi connectivity index (χ2v) is 7.85. The number of hydrogen-bond acceptors (Lipinski definition) is 4. The number of imide groups is 1. The molecule has 0 bridgehead atoms. The van der Waals surface area contributed by atoms with Crippen molar-refractivity contribution < 1.29 is 23.5 Å². The maximum Gasteiger partial charge on any atom is 0.327 e. The number of methoxy groups -OCH3 is 1. The van der Waals surface area contributed by atoms with Gasteiger partial charge in [0.2, 0.25) is 0 Å². The van der Waals surface area contributed by atoms with Crippen LogP contribution in [0.2, 0.25) is 0 Å². The van der Waals surface area contributed by atoms with E-state index < -0.39 is 5.82 Å². The third kappa shape index (κ3) is 2.82. The van der Waals surface area contributed by atoms with Crippen LogP contribution in [-0.4, -0.2) is 71.9 Å². The summed E-state index contributed by atoms with van der Waals surface area (Å²) in [4.78, 5) is 42.3. The molecule has 8 heteroatoms. The molecule has 0 saturated carbocycles. The van der Waals surface area contributed by atoms with Gasteiger partial charge in [0, 0.05) is 31.7 Å². The maximum atomic E-state index is 13.9. The van der Waals surface area contributed by atoms with Gasteiger partial charge >= 0.3 is 6.03 Å². The fraction of sp³-hybridized carbons (Fsp3) is 0.550. The molecule has 0 aliphatic carbocycles. The molecule has 0 N–H and O–H groups in total. The van der Waals surface area contributed by atoms with E-state index in [9.17, 15) is 18.8 Å². The molecule has 3 fully saturated rings. The van der Waals surface area contributed by atoms with E-state index in [1.807, 2.05) is 0 Å². The molecule has 3 heterocycles. The number of likely N-dealkylation sites (N-methyl/N-ethyl adjacent to an activating group) is 1. The number of ether oxygens (including phenoxy) is 1. The van der Waals surface area contributed by atoms with E-state index in [-0.39, 0.29) is 35.1 Å². The number of halogens is 1. The number of hydrogen-bond donors (Lipinski definition) is 0. The molecule has 1 aromatic carbocycles. The lowest BCUT2D eigenvalue weighted by molar-refractivity contribution is -0.128. The molecule has 28 heavy (non-hydrogen) atoms. The van der Waals surface area contributed by atoms with Crippen molar-refractivity contribution in [2.75, 3.05) is 33.3 Å². The van der Waals surface area contributed by atoms with E-state index in [1.165, 1.54) is 24.1 Å². The Bertz CT molecular complexity index is 809. The van der Waals surface area contributed by atoms with Gasteiger partial charge in [-0.25, -0.2) is 9.18 Å². The predicted molar refractivity (Wildman–Crippen MR) is 98.4 cm³/mol. The Morgan fingerprint density at radius 2 is 2.00 bits per heavy atom. The molecule has 1 unspecified atom stereocenters. The largest absolute Gasteiger partial charge is 0.494 e. The van der Waals surface area contributed by atoms with Crippen molar-refractivity contribution in [3.05, 3.63) is 29.6 Å². The summed E-state index contributed by atoms with van der Waals surface area (Å²) in [5.41, 5.74) is 0.183. The second-order valence-electron chi connectivity index (χ2n) is 7.85. The zero-order chi connectivity index (χ0) is 20.1. The Labute approximate surface area is 163 Å². The van der Waals surface area contributed by atoms with E-state index in [2.05, 4.69) is 0 Å². The lowest BCUT2D eigenvalue weighted by Gasteiger charge is -2.39. The zero-order valence-electron chi connectivity index (χ0n) is 16.1. The Kier molecular flexibility index (Phi) is 4.51. The first-order valence-electron chi connectivity index (χ1n) is 9.64. The predicted octanol–water partition coefficient (Wildman–Crippen LogP) is 2.11. The Balaban J connectivity index is 1.42. The first-order chi connectivity index (χ1) is 13.4. The van der Waals surface area contributed by atoms with Crippen molar-refractivity contribution in [3.8, 4) is 5.75 Å². The molecule has 3 aliphatic rings. The maximum absolute atomic E-state index is 13.9. The molecule has 4 rings (SSSR count). The van der Waals surface area contributed by atoms with Crippen LogP contribution in [0.4, 0.5) is 9.18 Å². The average molecular weight is 389 g/mol. The van der Waals surface area contributed by atoms with Crippen LogP contribution in [-0.2, 0) is 4.79 Å². The number of benzene rings is 1. The highest BCUT2D eigenvalue weighted by molar-refractivity contribution is 6.04. The molecule has 1 atom stereocenters. The number of amides is 4. The van der Waals surface area contributed by atoms with Crippen molar-refractivity contribution in [2.45, 2.75) is 32.2 Å². The fourth-order valence-electron chi connectivity index (χ4n) is 4.73. The lowest BCUT2D eigenvalue weighted by atomic mass is 9.76. The third-order valence-electron chi connectivity index (χ3n) is 6.36. The van der Waals surface area contributed by atoms with Gasteiger partial charge < -0.3 is 14.5 Å². The molecule has 1 aromatic rings. The lowest BCUT2D eigenvalue weighted by Crippen LogP contribution is -2.45. The van der Waals surface area contributed by atoms with Crippen LogP contribution in [0.25, 0.3) is 0 Å². The number of carbonyl (C=O) groups excluding carboxylic acids is 3. The minimum Gasteiger partial charge on any atom is -0.494 e. The van der Waals surface area contributed by atoms with Gasteiger partial charge in [0.05, 0.1) is 7.11 Å². The summed E-state index contributed by atoms with van der Waals surface area (Å²) in [5.74, 6) is -0.761. The molecule has 4 amide bonds. The molecule has 3 aliphatic heterocycles. The SMILES string of the molecule is CCN1C(=O)C2CC3(CCN(C(=O)c4ccc(OC)c(F)c4)CC3)CN2C1=O. The van der Waals surface area contributed by atoms with Gasteiger partial charge in [-0.2, -0.15) is 0 Å². The summed E-state index contributed by atoms with van der Waals surface area (Å²) in [6.45, 7) is 3.84. The summed E-state index contributed by atoms with van der Waals surface area (Å²) >= 11 is 0. The van der Waals surface area contributed by atoms with E-state index in [0.717, 1.165) is 12.8 Å². The quantitative estimate of drug-likeness (QED) is 0.743. The number of carbonyl (C=O) groups is 3. The van der Waals surface area contributed by atoms with Gasteiger partial charge in [0.15, 0.2) is 11.6 Å². The van der Waals surface area contributed by atoms with Gasteiger partial charge in [0.25, 0.3) is 11.8 Å². The van der Waals surface area contributed by atoms with Crippen LogP contribution >= 0.6 is 0 Å². The zero-order valence-corrected chi connectivity index (χ0v) is 16.1. The van der Waals surface area contributed by atoms with Crippen molar-refractivity contribution in [1.82, 2.24) is 14.7 Å². The number of rotatable bonds is 3. The van der Waals surface area contributed by atoms with Crippen LogP contribution in [0.5, 0.6) is 5.75 Å². The summed E-state index contributed by atoms with van der Waals surface area (Å²) in [6.07, 6.45) is 2.13. The molecule has 1 spiro atoms. The summed E-state index contributed by atoms with van der Waals surface area (Å²) in [7, 11) is 1.38. The molecule has 7 nitrogen and oxygen atoms in total. The smallest absolute Gasteiger partial charge is 0.327 e. The van der Waals surface area contributed by atoms with Crippen LogP contribution in [0.1, 0.15) is 36.5 Å². The van der Waals surface area contributed by atoms with Gasteiger partial charge in [-0.1, -0.05) is 0 Å². The number of nitrogens with zero attached hydrogens (tertiary/aromatic N) is 3. The number of likely N-dealkylation sites (tertiary alicyclic amines) is 1. The molecule has 150 valence electrons. The summed E-state index contributed by atoms with van der Waals surface area (Å²) in [6, 6.07) is 3.67. The number of fused-ring (bicyclic) bond motifs is 1. The van der Waals surface area contributed by atoms with Gasteiger partial charge in [-0.15, -0.1) is 0 Å². The monoisotopic (exact) mass is 389 g/mol. The molecule has 0 radical (unpaired) electrons. The number of piperidine rings is 1. The standard InChI is InChI=1S/C20H24FN3O4/c1-3-23-18(26)15-11-20(12-24(15)19(23)27)6-8-22(9-7-20)17(25)13-4-5-16(28-2)14(21)10-13/h4-5,10,15H,3,6-9,11-12H2,1-2H3. The first kappa shape index (κ1) is 18.7. The topological polar surface area (TPSA) is 70.2 Å². The highest BCUT2D eigenvalue weighted by Crippen LogP contribution is 2.46. The van der Waals surface area contributed by atoms with E-state index in [4.69, 9.17) is 4.74 Å². The van der Waals surface area contributed by atoms with Crippen LogP contribution in [0.15, 0.2) is 18.2 Å². The van der Waals surface area contributed by atoms with Crippen LogP contribution in [0.3, 0.4) is 0 Å². The van der Waals surface area contributed by atoms with E-state index in [0.29, 0.717) is 38.2 Å². The average Bonchev–Trinajstić information content (AvgIpc) is 3.16. The minimum atomic E-state index is -0.559. The van der Waals surface area contributed by atoms with Crippen LogP contribution < -0.4 is 4.74 Å². The van der Waals surface area contributed by atoms with E-state index >= 15 is 0 Å². The van der Waals surface area contributed by atoms with Crippen molar-refractivity contribution in [3.63, 3.8) is 0 Å². The third-order valence-corrected chi connectivity index (χ3v) is 6.36. The van der Waals surface area contributed by atoms with Crippen molar-refractivity contribution in [2.24, 2.45) is 5.41 Å². The second kappa shape index (κ2) is 6.76. The molecule has 0 aromatic heterocycles. The van der Waals surface area contributed by atoms with Gasteiger partial charge in [-0.3, -0.25) is 14.5 Å². The highest BCUT2D eigenvalue weighted by atomic mass is 19.1. The highest BCUT2D eigenvalue weighted by Gasteiger charge is 2.56. The fourth-order valence-corrected chi connectivity index (χ4v) is 4.73. The Morgan fingerprint density at radius 3 is 2.57 bits per heavy atom. The van der Waals surface area contributed by atoms with Crippen LogP contribution in [0, 0.1) is 11.2 Å². The normalized spacial score (nSPS) is 23.5. The first-order valence-corrected chi connectivity index (χ1v) is 9.64. The van der Waals surface area contributed by atoms with Crippen molar-refractivity contribution >= 4 is 17.8 Å². The van der Waals surface area contributed by atoms with Gasteiger partial charge in [-0.05, 0) is 49.8 Å². The van der Waals surface area contributed by atoms with Gasteiger partial charge in [0.1, 0.15) is 6.04 Å². The summed E-state index contributed by atoms with van der Waals surface area (Å²) in [5, 5.41) is 0. The minimum absolute atomic E-state index is 0.100. The Morgan fingerprint density at radius 1 is 1.29 bits per heavy atom. The summed E-state index contributed by atoms with van der Waals surface area (Å²) < 4.78 is 18.8. The molecule has 3 saturated heterocycles. The van der Waals surface area contributed by atoms with E-state index in [1.54, 1.807) is 22.8 Å².